The lowest BCUT2D eigenvalue weighted by molar-refractivity contribution is 0.415. The first-order valence-corrected chi connectivity index (χ1v) is 4.45. The third kappa shape index (κ3) is 1.33. The summed E-state index contributed by atoms with van der Waals surface area (Å²) >= 11 is 0. The number of halogens is 1. The molecule has 2 aromatic carbocycles. The molecule has 1 nitrogen and oxygen atoms in total. The summed E-state index contributed by atoms with van der Waals surface area (Å²) in [5.74, 6) is 0.603. The van der Waals surface area contributed by atoms with Gasteiger partial charge in [-0.1, -0.05) is 12.1 Å². The van der Waals surface area contributed by atoms with Gasteiger partial charge in [-0.05, 0) is 36.1 Å². The summed E-state index contributed by atoms with van der Waals surface area (Å²) in [7, 11) is 1.60. The van der Waals surface area contributed by atoms with Crippen LogP contribution in [-0.4, -0.2) is 7.11 Å². The molecule has 0 aliphatic rings. The van der Waals surface area contributed by atoms with Crippen molar-refractivity contribution < 1.29 is 9.13 Å². The van der Waals surface area contributed by atoms with Gasteiger partial charge in [0.15, 0.2) is 0 Å². The lowest BCUT2D eigenvalue weighted by atomic mass is 10.1. The van der Waals surface area contributed by atoms with E-state index in [0.717, 1.165) is 11.1 Å². The van der Waals surface area contributed by atoms with Crippen molar-refractivity contribution in [2.24, 2.45) is 0 Å². The van der Waals surface area contributed by atoms with Crippen molar-refractivity contribution in [3.8, 4) is 5.75 Å². The fraction of sp³-hybridized carbons (Fsp3) is 0.167. The second-order valence-electron chi connectivity index (χ2n) is 3.28. The monoisotopic (exact) mass is 190 g/mol. The molecule has 0 spiro atoms. The normalized spacial score (nSPS) is 10.5. The van der Waals surface area contributed by atoms with E-state index < -0.39 is 0 Å². The zero-order chi connectivity index (χ0) is 10.1. The van der Waals surface area contributed by atoms with Crippen LogP contribution in [0.2, 0.25) is 0 Å². The number of hydrogen-bond donors (Lipinski definition) is 0. The highest BCUT2D eigenvalue weighted by Crippen LogP contribution is 2.24. The predicted octanol–water partition coefficient (Wildman–Crippen LogP) is 3.30. The van der Waals surface area contributed by atoms with Gasteiger partial charge in [0.1, 0.15) is 11.6 Å². The maximum absolute atomic E-state index is 13.6. The summed E-state index contributed by atoms with van der Waals surface area (Å²) < 4.78 is 18.7. The van der Waals surface area contributed by atoms with Gasteiger partial charge in [0.2, 0.25) is 0 Å². The van der Waals surface area contributed by atoms with Gasteiger partial charge in [0.05, 0.1) is 7.11 Å². The van der Waals surface area contributed by atoms with Gasteiger partial charge in [-0.3, -0.25) is 0 Å². The van der Waals surface area contributed by atoms with Gasteiger partial charge in [-0.25, -0.2) is 4.39 Å². The molecule has 0 aliphatic carbocycles. The van der Waals surface area contributed by atoms with E-state index in [1.165, 1.54) is 0 Å². The summed E-state index contributed by atoms with van der Waals surface area (Å²) in [6.45, 7) is 1.76. The Kier molecular flexibility index (Phi) is 2.12. The number of ether oxygens (including phenoxy) is 1. The first kappa shape index (κ1) is 9.00. The number of benzene rings is 2. The average Bonchev–Trinajstić information content (AvgIpc) is 2.23. The third-order valence-corrected chi connectivity index (χ3v) is 2.35. The van der Waals surface area contributed by atoms with Crippen LogP contribution < -0.4 is 4.74 Å². The molecule has 0 aromatic heterocycles. The van der Waals surface area contributed by atoms with Gasteiger partial charge in [0.25, 0.3) is 0 Å². The molecule has 0 atom stereocenters. The predicted molar refractivity (Wildman–Crippen MR) is 55.2 cm³/mol. The first-order valence-electron chi connectivity index (χ1n) is 4.45. The highest BCUT2D eigenvalue weighted by Gasteiger charge is 2.04. The first-order chi connectivity index (χ1) is 6.72. The van der Waals surface area contributed by atoms with Crippen LogP contribution in [0.15, 0.2) is 30.3 Å². The van der Waals surface area contributed by atoms with Gasteiger partial charge in [-0.15, -0.1) is 0 Å². The summed E-state index contributed by atoms with van der Waals surface area (Å²) in [5, 5.41) is 1.51. The standard InChI is InChI=1S/C12H11FO/c1-8-3-4-9-7-10(14-2)5-6-11(9)12(8)13/h3-7H,1-2H3. The van der Waals surface area contributed by atoms with Gasteiger partial charge < -0.3 is 4.74 Å². The molecule has 2 heteroatoms. The topological polar surface area (TPSA) is 9.23 Å². The van der Waals surface area contributed by atoms with Crippen LogP contribution >= 0.6 is 0 Å². The fourth-order valence-corrected chi connectivity index (χ4v) is 1.51. The van der Waals surface area contributed by atoms with E-state index in [1.807, 2.05) is 12.1 Å². The molecule has 0 N–H and O–H groups in total. The Morgan fingerprint density at radius 1 is 1.14 bits per heavy atom. The van der Waals surface area contributed by atoms with Crippen molar-refractivity contribution >= 4 is 10.8 Å². The molecule has 14 heavy (non-hydrogen) atoms. The number of aryl methyl sites for hydroxylation is 1. The molecular weight excluding hydrogens is 179 g/mol. The SMILES string of the molecule is COc1ccc2c(F)c(C)ccc2c1. The Morgan fingerprint density at radius 2 is 1.93 bits per heavy atom. The number of methoxy groups -OCH3 is 1. The minimum Gasteiger partial charge on any atom is -0.497 e. The van der Waals surface area contributed by atoms with Crippen LogP contribution in [-0.2, 0) is 0 Å². The second kappa shape index (κ2) is 3.29. The number of fused-ring (bicyclic) bond motifs is 1. The summed E-state index contributed by atoms with van der Waals surface area (Å²) in [6.07, 6.45) is 0. The highest BCUT2D eigenvalue weighted by atomic mass is 19.1. The Labute approximate surface area is 82.1 Å². The molecule has 0 fully saturated rings. The molecule has 0 saturated carbocycles. The maximum Gasteiger partial charge on any atom is 0.133 e. The number of hydrogen-bond acceptors (Lipinski definition) is 1. The Morgan fingerprint density at radius 3 is 2.64 bits per heavy atom. The van der Waals surface area contributed by atoms with Crippen LogP contribution in [0.25, 0.3) is 10.8 Å². The maximum atomic E-state index is 13.6. The van der Waals surface area contributed by atoms with Crippen molar-refractivity contribution in [3.63, 3.8) is 0 Å². The Balaban J connectivity index is 2.74. The van der Waals surface area contributed by atoms with Gasteiger partial charge in [0, 0.05) is 5.39 Å². The van der Waals surface area contributed by atoms with Crippen LogP contribution in [0, 0.1) is 12.7 Å². The van der Waals surface area contributed by atoms with E-state index in [4.69, 9.17) is 4.74 Å². The minimum atomic E-state index is -0.148. The van der Waals surface area contributed by atoms with Gasteiger partial charge in [-0.2, -0.15) is 0 Å². The lowest BCUT2D eigenvalue weighted by Crippen LogP contribution is -1.87. The van der Waals surface area contributed by atoms with E-state index in [1.54, 1.807) is 32.2 Å². The van der Waals surface area contributed by atoms with E-state index in [9.17, 15) is 4.39 Å². The van der Waals surface area contributed by atoms with Crippen molar-refractivity contribution in [1.29, 1.82) is 0 Å². The molecule has 2 rings (SSSR count). The summed E-state index contributed by atoms with van der Waals surface area (Å²) in [6, 6.07) is 9.02. The highest BCUT2D eigenvalue weighted by molar-refractivity contribution is 5.85. The molecular formula is C12H11FO. The third-order valence-electron chi connectivity index (χ3n) is 2.35. The molecule has 2 aromatic rings. The molecule has 0 radical (unpaired) electrons. The van der Waals surface area contributed by atoms with Gasteiger partial charge >= 0.3 is 0 Å². The Hall–Kier alpha value is -1.57. The zero-order valence-electron chi connectivity index (χ0n) is 8.17. The molecule has 0 heterocycles. The van der Waals surface area contributed by atoms with E-state index in [2.05, 4.69) is 0 Å². The molecule has 0 bridgehead atoms. The van der Waals surface area contributed by atoms with E-state index >= 15 is 0 Å². The minimum absolute atomic E-state index is 0.148. The molecule has 0 unspecified atom stereocenters. The van der Waals surface area contributed by atoms with Crippen LogP contribution in [0.1, 0.15) is 5.56 Å². The molecule has 72 valence electrons. The average molecular weight is 190 g/mol. The van der Waals surface area contributed by atoms with E-state index in [-0.39, 0.29) is 5.82 Å². The summed E-state index contributed by atoms with van der Waals surface area (Å²) in [4.78, 5) is 0. The lowest BCUT2D eigenvalue weighted by Gasteiger charge is -2.04. The van der Waals surface area contributed by atoms with Crippen molar-refractivity contribution in [3.05, 3.63) is 41.7 Å². The van der Waals surface area contributed by atoms with Crippen molar-refractivity contribution in [2.45, 2.75) is 6.92 Å². The largest absolute Gasteiger partial charge is 0.497 e. The quantitative estimate of drug-likeness (QED) is 0.670. The smallest absolute Gasteiger partial charge is 0.133 e. The van der Waals surface area contributed by atoms with Crippen LogP contribution in [0.4, 0.5) is 4.39 Å². The van der Waals surface area contributed by atoms with Crippen molar-refractivity contribution in [1.82, 2.24) is 0 Å². The summed E-state index contributed by atoms with van der Waals surface area (Å²) in [5.41, 5.74) is 0.669. The molecule has 0 aliphatic heterocycles. The van der Waals surface area contributed by atoms with Crippen molar-refractivity contribution in [2.75, 3.05) is 7.11 Å². The van der Waals surface area contributed by atoms with Crippen LogP contribution in [0.3, 0.4) is 0 Å². The fourth-order valence-electron chi connectivity index (χ4n) is 1.51. The van der Waals surface area contributed by atoms with E-state index in [0.29, 0.717) is 10.9 Å². The molecule has 0 saturated heterocycles. The molecule has 0 amide bonds. The van der Waals surface area contributed by atoms with Crippen LogP contribution in [0.5, 0.6) is 5.75 Å². The zero-order valence-corrected chi connectivity index (χ0v) is 8.17. The Bertz CT molecular complexity index is 477. The second-order valence-corrected chi connectivity index (χ2v) is 3.28. The number of rotatable bonds is 1.